The Hall–Kier alpha value is -1.58. The third kappa shape index (κ3) is 3.95. The van der Waals surface area contributed by atoms with Crippen molar-refractivity contribution in [3.05, 3.63) is 24.0 Å². The van der Waals surface area contributed by atoms with E-state index >= 15 is 0 Å². The summed E-state index contributed by atoms with van der Waals surface area (Å²) in [6.07, 6.45) is 6.99. The number of amides is 1. The SMILES string of the molecule is CC1CCC(CNc2ccnc(C(=O)N(C)C)c2)CC1. The molecule has 1 aromatic heterocycles. The molecule has 0 aliphatic heterocycles. The Kier molecular flexibility index (Phi) is 4.99. The number of nitrogens with one attached hydrogen (secondary N) is 1. The highest BCUT2D eigenvalue weighted by atomic mass is 16.2. The summed E-state index contributed by atoms with van der Waals surface area (Å²) < 4.78 is 0. The fraction of sp³-hybridized carbons (Fsp3) is 0.625. The van der Waals surface area contributed by atoms with Crippen molar-refractivity contribution >= 4 is 11.6 Å². The summed E-state index contributed by atoms with van der Waals surface area (Å²) in [6, 6.07) is 3.77. The second kappa shape index (κ2) is 6.73. The first-order valence-electron chi connectivity index (χ1n) is 7.48. The van der Waals surface area contributed by atoms with Gasteiger partial charge in [-0.2, -0.15) is 0 Å². The molecule has 1 N–H and O–H groups in total. The maximum atomic E-state index is 11.9. The second-order valence-electron chi connectivity index (χ2n) is 6.14. The minimum Gasteiger partial charge on any atom is -0.385 e. The molecule has 0 spiro atoms. The molecule has 0 aromatic carbocycles. The summed E-state index contributed by atoms with van der Waals surface area (Å²) in [4.78, 5) is 17.6. The molecule has 0 atom stereocenters. The standard InChI is InChI=1S/C16H25N3O/c1-12-4-6-13(7-5-12)11-18-14-8-9-17-15(10-14)16(20)19(2)3/h8-10,12-13H,4-7,11H2,1-3H3,(H,17,18). The lowest BCUT2D eigenvalue weighted by Gasteiger charge is -2.26. The van der Waals surface area contributed by atoms with Gasteiger partial charge in [0.1, 0.15) is 5.69 Å². The zero-order valence-electron chi connectivity index (χ0n) is 12.7. The summed E-state index contributed by atoms with van der Waals surface area (Å²) in [5.74, 6) is 1.59. The zero-order valence-corrected chi connectivity index (χ0v) is 12.7. The van der Waals surface area contributed by atoms with Gasteiger partial charge < -0.3 is 10.2 Å². The maximum Gasteiger partial charge on any atom is 0.272 e. The van der Waals surface area contributed by atoms with Crippen molar-refractivity contribution in [1.82, 2.24) is 9.88 Å². The van der Waals surface area contributed by atoms with Crippen LogP contribution in [0.15, 0.2) is 18.3 Å². The highest BCUT2D eigenvalue weighted by Gasteiger charge is 2.18. The van der Waals surface area contributed by atoms with E-state index in [-0.39, 0.29) is 5.91 Å². The van der Waals surface area contributed by atoms with Crippen molar-refractivity contribution in [3.63, 3.8) is 0 Å². The molecular formula is C16H25N3O. The molecule has 1 aliphatic carbocycles. The van der Waals surface area contributed by atoms with Crippen molar-refractivity contribution in [2.75, 3.05) is 26.0 Å². The summed E-state index contributed by atoms with van der Waals surface area (Å²) in [5, 5.41) is 3.45. The predicted molar refractivity (Wildman–Crippen MR) is 81.9 cm³/mol. The lowest BCUT2D eigenvalue weighted by molar-refractivity contribution is 0.0822. The monoisotopic (exact) mass is 275 g/mol. The average molecular weight is 275 g/mol. The molecule has 0 saturated heterocycles. The van der Waals surface area contributed by atoms with Gasteiger partial charge >= 0.3 is 0 Å². The van der Waals surface area contributed by atoms with Crippen LogP contribution in [0, 0.1) is 11.8 Å². The molecule has 1 aromatic rings. The van der Waals surface area contributed by atoms with Gasteiger partial charge in [0.25, 0.3) is 5.91 Å². The van der Waals surface area contributed by atoms with Crippen LogP contribution in [0.4, 0.5) is 5.69 Å². The van der Waals surface area contributed by atoms with E-state index in [0.29, 0.717) is 5.69 Å². The number of hydrogen-bond donors (Lipinski definition) is 1. The summed E-state index contributed by atoms with van der Waals surface area (Å²) >= 11 is 0. The Balaban J connectivity index is 1.90. The van der Waals surface area contributed by atoms with E-state index in [0.717, 1.165) is 24.1 Å². The molecular weight excluding hydrogens is 250 g/mol. The van der Waals surface area contributed by atoms with E-state index in [1.165, 1.54) is 25.7 Å². The molecule has 1 amide bonds. The number of rotatable bonds is 4. The largest absolute Gasteiger partial charge is 0.385 e. The van der Waals surface area contributed by atoms with Crippen LogP contribution < -0.4 is 5.32 Å². The Morgan fingerprint density at radius 3 is 2.70 bits per heavy atom. The summed E-state index contributed by atoms with van der Waals surface area (Å²) in [7, 11) is 3.49. The van der Waals surface area contributed by atoms with Gasteiger partial charge in [-0.15, -0.1) is 0 Å². The third-order valence-electron chi connectivity index (χ3n) is 4.12. The van der Waals surface area contributed by atoms with Crippen LogP contribution in [0.2, 0.25) is 0 Å². The Morgan fingerprint density at radius 2 is 2.05 bits per heavy atom. The van der Waals surface area contributed by atoms with Gasteiger partial charge in [0, 0.05) is 32.5 Å². The van der Waals surface area contributed by atoms with E-state index in [1.807, 2.05) is 12.1 Å². The van der Waals surface area contributed by atoms with Gasteiger partial charge in [0.15, 0.2) is 0 Å². The minimum atomic E-state index is -0.0554. The smallest absolute Gasteiger partial charge is 0.272 e. The fourth-order valence-electron chi connectivity index (χ4n) is 2.68. The van der Waals surface area contributed by atoms with Gasteiger partial charge in [-0.1, -0.05) is 19.8 Å². The van der Waals surface area contributed by atoms with E-state index in [1.54, 1.807) is 25.2 Å². The first kappa shape index (κ1) is 14.8. The molecule has 20 heavy (non-hydrogen) atoms. The Morgan fingerprint density at radius 1 is 1.35 bits per heavy atom. The van der Waals surface area contributed by atoms with Crippen LogP contribution in [-0.2, 0) is 0 Å². The molecule has 4 heteroatoms. The van der Waals surface area contributed by atoms with E-state index in [2.05, 4.69) is 17.2 Å². The number of nitrogens with zero attached hydrogens (tertiary/aromatic N) is 2. The van der Waals surface area contributed by atoms with Crippen molar-refractivity contribution < 1.29 is 4.79 Å². The van der Waals surface area contributed by atoms with Crippen LogP contribution in [0.1, 0.15) is 43.1 Å². The van der Waals surface area contributed by atoms with E-state index in [4.69, 9.17) is 0 Å². The quantitative estimate of drug-likeness (QED) is 0.918. The molecule has 0 unspecified atom stereocenters. The van der Waals surface area contributed by atoms with Crippen LogP contribution >= 0.6 is 0 Å². The van der Waals surface area contributed by atoms with Crippen molar-refractivity contribution in [2.24, 2.45) is 11.8 Å². The third-order valence-corrected chi connectivity index (χ3v) is 4.12. The number of aromatic nitrogens is 1. The van der Waals surface area contributed by atoms with Crippen molar-refractivity contribution in [3.8, 4) is 0 Å². The molecule has 4 nitrogen and oxygen atoms in total. The van der Waals surface area contributed by atoms with Crippen LogP contribution in [0.3, 0.4) is 0 Å². The predicted octanol–water partition coefficient (Wildman–Crippen LogP) is 3.02. The van der Waals surface area contributed by atoms with Crippen LogP contribution in [0.25, 0.3) is 0 Å². The van der Waals surface area contributed by atoms with Crippen LogP contribution in [-0.4, -0.2) is 36.4 Å². The lowest BCUT2D eigenvalue weighted by Crippen LogP contribution is -2.23. The normalized spacial score (nSPS) is 22.4. The molecule has 1 heterocycles. The van der Waals surface area contributed by atoms with Gasteiger partial charge in [0.05, 0.1) is 0 Å². The molecule has 1 aliphatic rings. The first-order chi connectivity index (χ1) is 9.56. The van der Waals surface area contributed by atoms with E-state index in [9.17, 15) is 4.79 Å². The Bertz CT molecular complexity index is 451. The topological polar surface area (TPSA) is 45.2 Å². The highest BCUT2D eigenvalue weighted by Crippen LogP contribution is 2.28. The molecule has 110 valence electrons. The lowest BCUT2D eigenvalue weighted by atomic mass is 9.83. The van der Waals surface area contributed by atoms with Crippen molar-refractivity contribution in [1.29, 1.82) is 0 Å². The molecule has 0 radical (unpaired) electrons. The number of pyridine rings is 1. The number of carbonyl (C=O) groups excluding carboxylic acids is 1. The average Bonchev–Trinajstić information content (AvgIpc) is 2.46. The van der Waals surface area contributed by atoms with Crippen LogP contribution in [0.5, 0.6) is 0 Å². The molecule has 2 rings (SSSR count). The summed E-state index contributed by atoms with van der Waals surface area (Å²) in [5.41, 5.74) is 1.49. The maximum absolute atomic E-state index is 11.9. The van der Waals surface area contributed by atoms with E-state index < -0.39 is 0 Å². The molecule has 1 saturated carbocycles. The van der Waals surface area contributed by atoms with Gasteiger partial charge in [-0.25, -0.2) is 0 Å². The molecule has 1 fully saturated rings. The molecule has 0 bridgehead atoms. The van der Waals surface area contributed by atoms with Gasteiger partial charge in [-0.3, -0.25) is 9.78 Å². The van der Waals surface area contributed by atoms with Gasteiger partial charge in [0.2, 0.25) is 0 Å². The summed E-state index contributed by atoms with van der Waals surface area (Å²) in [6.45, 7) is 3.33. The number of carbonyl (C=O) groups is 1. The minimum absolute atomic E-state index is 0.0554. The highest BCUT2D eigenvalue weighted by molar-refractivity contribution is 5.92. The van der Waals surface area contributed by atoms with Crippen molar-refractivity contribution in [2.45, 2.75) is 32.6 Å². The fourth-order valence-corrected chi connectivity index (χ4v) is 2.68. The second-order valence-corrected chi connectivity index (χ2v) is 6.14. The first-order valence-corrected chi connectivity index (χ1v) is 7.48. The van der Waals surface area contributed by atoms with Gasteiger partial charge in [-0.05, 0) is 36.8 Å². The zero-order chi connectivity index (χ0) is 14.5. The number of anilines is 1. The number of hydrogen-bond acceptors (Lipinski definition) is 3. The Labute approximate surface area is 121 Å².